The first-order chi connectivity index (χ1) is 11.7. The van der Waals surface area contributed by atoms with Crippen molar-refractivity contribution < 1.29 is 9.84 Å². The van der Waals surface area contributed by atoms with Crippen molar-refractivity contribution >= 4 is 22.8 Å². The van der Waals surface area contributed by atoms with E-state index in [0.717, 1.165) is 5.75 Å². The average molecular weight is 322 g/mol. The van der Waals surface area contributed by atoms with Crippen molar-refractivity contribution in [3.63, 3.8) is 0 Å². The molecule has 3 aromatic rings. The molecule has 0 saturated heterocycles. The number of aliphatic imine (C=N–C) groups is 1. The molecule has 1 heterocycles. The molecule has 0 bridgehead atoms. The van der Waals surface area contributed by atoms with Gasteiger partial charge in [0.15, 0.2) is 0 Å². The van der Waals surface area contributed by atoms with Gasteiger partial charge in [0, 0.05) is 18.1 Å². The molecule has 3 rings (SSSR count). The molecule has 0 fully saturated rings. The van der Waals surface area contributed by atoms with Crippen molar-refractivity contribution in [1.29, 1.82) is 0 Å². The van der Waals surface area contributed by atoms with E-state index in [1.807, 2.05) is 25.1 Å². The number of aryl methyl sites for hydroxylation is 1. The number of methoxy groups -OCH3 is 1. The Bertz CT molecular complexity index is 957. The van der Waals surface area contributed by atoms with Crippen molar-refractivity contribution in [3.8, 4) is 11.5 Å². The first-order valence-corrected chi connectivity index (χ1v) is 7.68. The van der Waals surface area contributed by atoms with Gasteiger partial charge in [-0.15, -0.1) is 0 Å². The largest absolute Gasteiger partial charge is 0.506 e. The quantitative estimate of drug-likeness (QED) is 0.748. The molecule has 0 atom stereocenters. The van der Waals surface area contributed by atoms with Crippen LogP contribution >= 0.6 is 0 Å². The van der Waals surface area contributed by atoms with Crippen LogP contribution in [-0.4, -0.2) is 23.0 Å². The molecule has 2 aromatic carbocycles. The fourth-order valence-electron chi connectivity index (χ4n) is 2.65. The second kappa shape index (κ2) is 6.58. The lowest BCUT2D eigenvalue weighted by Gasteiger charge is -2.11. The molecular formula is C19H18N2O3. The molecule has 0 unspecified atom stereocenters. The van der Waals surface area contributed by atoms with Crippen LogP contribution in [0, 0.1) is 0 Å². The number of pyridine rings is 1. The highest BCUT2D eigenvalue weighted by Gasteiger charge is 2.13. The number of ether oxygens (including phenoxy) is 1. The number of hydrogen-bond acceptors (Lipinski definition) is 4. The number of aromatic hydroxyl groups is 1. The number of benzene rings is 2. The molecule has 1 N–H and O–H groups in total. The number of rotatable bonds is 4. The van der Waals surface area contributed by atoms with Crippen molar-refractivity contribution in [3.05, 3.63) is 64.4 Å². The van der Waals surface area contributed by atoms with Crippen LogP contribution in [0.5, 0.6) is 11.5 Å². The molecule has 5 nitrogen and oxygen atoms in total. The number of aromatic nitrogens is 1. The standard InChI is InChI=1S/C19H18N2O3/c1-3-21-17-7-5-4-6-15(17)18(22)16(19(21)23)12-20-13-8-10-14(24-2)11-9-13/h4-12,22H,3H2,1-2H3. The zero-order valence-corrected chi connectivity index (χ0v) is 13.6. The van der Waals surface area contributed by atoms with Crippen molar-refractivity contribution in [2.24, 2.45) is 4.99 Å². The minimum absolute atomic E-state index is 0.0439. The third kappa shape index (κ3) is 2.76. The summed E-state index contributed by atoms with van der Waals surface area (Å²) in [5.74, 6) is 0.688. The van der Waals surface area contributed by atoms with Crippen LogP contribution in [0.25, 0.3) is 10.9 Å². The number of para-hydroxylation sites is 1. The Morgan fingerprint density at radius 3 is 2.54 bits per heavy atom. The molecule has 0 aliphatic heterocycles. The lowest BCUT2D eigenvalue weighted by molar-refractivity contribution is 0.415. The number of nitrogens with zero attached hydrogens (tertiary/aromatic N) is 2. The summed E-state index contributed by atoms with van der Waals surface area (Å²) >= 11 is 0. The van der Waals surface area contributed by atoms with Gasteiger partial charge in [0.05, 0.1) is 18.3 Å². The lowest BCUT2D eigenvalue weighted by atomic mass is 10.1. The Morgan fingerprint density at radius 1 is 1.17 bits per heavy atom. The summed E-state index contributed by atoms with van der Waals surface area (Å²) in [7, 11) is 1.60. The maximum absolute atomic E-state index is 12.6. The van der Waals surface area contributed by atoms with Crippen LogP contribution < -0.4 is 10.3 Å². The fraction of sp³-hybridized carbons (Fsp3) is 0.158. The fourth-order valence-corrected chi connectivity index (χ4v) is 2.65. The van der Waals surface area contributed by atoms with E-state index in [9.17, 15) is 9.90 Å². The van der Waals surface area contributed by atoms with E-state index in [2.05, 4.69) is 4.99 Å². The Labute approximate surface area is 139 Å². The minimum atomic E-state index is -0.258. The summed E-state index contributed by atoms with van der Waals surface area (Å²) in [6.45, 7) is 2.41. The zero-order valence-electron chi connectivity index (χ0n) is 13.6. The third-order valence-corrected chi connectivity index (χ3v) is 3.91. The van der Waals surface area contributed by atoms with E-state index in [1.165, 1.54) is 6.21 Å². The van der Waals surface area contributed by atoms with Gasteiger partial charge in [-0.25, -0.2) is 0 Å². The van der Waals surface area contributed by atoms with Crippen LogP contribution in [0.15, 0.2) is 58.3 Å². The minimum Gasteiger partial charge on any atom is -0.506 e. The van der Waals surface area contributed by atoms with Gasteiger partial charge in [0.1, 0.15) is 17.1 Å². The SMILES string of the molecule is CCn1c(=O)c(C=Nc2ccc(OC)cc2)c(O)c2ccccc21. The van der Waals surface area contributed by atoms with E-state index in [4.69, 9.17) is 4.74 Å². The average Bonchev–Trinajstić information content (AvgIpc) is 2.62. The Morgan fingerprint density at radius 2 is 1.88 bits per heavy atom. The molecule has 0 saturated carbocycles. The summed E-state index contributed by atoms with van der Waals surface area (Å²) in [4.78, 5) is 17.0. The van der Waals surface area contributed by atoms with Crippen molar-refractivity contribution in [1.82, 2.24) is 4.57 Å². The molecule has 0 amide bonds. The first kappa shape index (κ1) is 15.8. The molecule has 1 aromatic heterocycles. The Balaban J connectivity index is 2.11. The first-order valence-electron chi connectivity index (χ1n) is 7.68. The van der Waals surface area contributed by atoms with Gasteiger partial charge in [-0.1, -0.05) is 12.1 Å². The molecule has 122 valence electrons. The van der Waals surface area contributed by atoms with Gasteiger partial charge in [0.25, 0.3) is 5.56 Å². The normalized spacial score (nSPS) is 11.2. The zero-order chi connectivity index (χ0) is 17.1. The van der Waals surface area contributed by atoms with E-state index in [0.29, 0.717) is 23.1 Å². The van der Waals surface area contributed by atoms with E-state index < -0.39 is 0 Å². The highest BCUT2D eigenvalue weighted by Crippen LogP contribution is 2.26. The Kier molecular flexibility index (Phi) is 4.33. The highest BCUT2D eigenvalue weighted by atomic mass is 16.5. The molecule has 24 heavy (non-hydrogen) atoms. The summed E-state index contributed by atoms with van der Waals surface area (Å²) in [5.41, 5.74) is 1.31. The third-order valence-electron chi connectivity index (χ3n) is 3.91. The maximum Gasteiger partial charge on any atom is 0.263 e. The molecule has 0 aliphatic carbocycles. The van der Waals surface area contributed by atoms with Gasteiger partial charge in [-0.2, -0.15) is 0 Å². The topological polar surface area (TPSA) is 63.8 Å². The number of fused-ring (bicyclic) bond motifs is 1. The van der Waals surface area contributed by atoms with Gasteiger partial charge >= 0.3 is 0 Å². The van der Waals surface area contributed by atoms with Crippen molar-refractivity contribution in [2.75, 3.05) is 7.11 Å². The molecule has 5 heteroatoms. The van der Waals surface area contributed by atoms with Crippen LogP contribution in [0.1, 0.15) is 12.5 Å². The van der Waals surface area contributed by atoms with Gasteiger partial charge < -0.3 is 14.4 Å². The van der Waals surface area contributed by atoms with Gasteiger partial charge in [-0.3, -0.25) is 9.79 Å². The van der Waals surface area contributed by atoms with Gasteiger partial charge in [-0.05, 0) is 43.3 Å². The summed E-state index contributed by atoms with van der Waals surface area (Å²) in [6.07, 6.45) is 1.41. The summed E-state index contributed by atoms with van der Waals surface area (Å²) in [6, 6.07) is 14.4. The van der Waals surface area contributed by atoms with E-state index in [-0.39, 0.29) is 16.9 Å². The van der Waals surface area contributed by atoms with Crippen LogP contribution in [0.3, 0.4) is 0 Å². The molecular weight excluding hydrogens is 304 g/mol. The van der Waals surface area contributed by atoms with Crippen LogP contribution in [0.4, 0.5) is 5.69 Å². The predicted molar refractivity (Wildman–Crippen MR) is 95.8 cm³/mol. The molecule has 0 aliphatic rings. The maximum atomic E-state index is 12.6. The Hall–Kier alpha value is -3.08. The van der Waals surface area contributed by atoms with Crippen molar-refractivity contribution in [2.45, 2.75) is 13.5 Å². The van der Waals surface area contributed by atoms with E-state index >= 15 is 0 Å². The van der Waals surface area contributed by atoms with Crippen LogP contribution in [-0.2, 0) is 6.54 Å². The monoisotopic (exact) mass is 322 g/mol. The molecule has 0 radical (unpaired) electrons. The van der Waals surface area contributed by atoms with E-state index in [1.54, 1.807) is 42.0 Å². The summed E-state index contributed by atoms with van der Waals surface area (Å²) < 4.78 is 6.73. The smallest absolute Gasteiger partial charge is 0.263 e. The lowest BCUT2D eigenvalue weighted by Crippen LogP contribution is -2.23. The van der Waals surface area contributed by atoms with Crippen LogP contribution in [0.2, 0.25) is 0 Å². The second-order valence-electron chi connectivity index (χ2n) is 5.29. The molecule has 0 spiro atoms. The number of hydrogen-bond donors (Lipinski definition) is 1. The predicted octanol–water partition coefficient (Wildman–Crippen LogP) is 3.49. The highest BCUT2D eigenvalue weighted by molar-refractivity contribution is 5.95. The van der Waals surface area contributed by atoms with Gasteiger partial charge in [0.2, 0.25) is 0 Å². The summed E-state index contributed by atoms with van der Waals surface area (Å²) in [5, 5.41) is 11.1. The second-order valence-corrected chi connectivity index (χ2v) is 5.29.